The molecule has 1 aromatic heterocycles. The number of piperazine rings is 1. The number of methoxy groups -OCH3 is 2. The van der Waals surface area contributed by atoms with E-state index in [4.69, 9.17) is 13.9 Å². The zero-order chi connectivity index (χ0) is 24.9. The van der Waals surface area contributed by atoms with Crippen molar-refractivity contribution in [3.63, 3.8) is 0 Å². The summed E-state index contributed by atoms with van der Waals surface area (Å²) in [6.45, 7) is 4.36. The first-order chi connectivity index (χ1) is 17.6. The SMILES string of the molecule is COc1ccc(-c2cc3cc(CCC(=O)N4CCN(Cc5ccccc5)CC4)ccc3o2)cc1OC. The molecule has 1 aliphatic rings. The fourth-order valence-electron chi connectivity index (χ4n) is 4.79. The Hall–Kier alpha value is -3.77. The first-order valence-corrected chi connectivity index (χ1v) is 12.4. The molecule has 1 amide bonds. The number of ether oxygens (including phenoxy) is 2. The van der Waals surface area contributed by atoms with Crippen molar-refractivity contribution < 1.29 is 18.7 Å². The summed E-state index contributed by atoms with van der Waals surface area (Å²) in [6.07, 6.45) is 1.24. The number of amides is 1. The topological polar surface area (TPSA) is 55.2 Å². The fourth-order valence-corrected chi connectivity index (χ4v) is 4.79. The summed E-state index contributed by atoms with van der Waals surface area (Å²) < 4.78 is 16.8. The summed E-state index contributed by atoms with van der Waals surface area (Å²) in [7, 11) is 3.25. The van der Waals surface area contributed by atoms with Gasteiger partial charge in [0.2, 0.25) is 5.91 Å². The van der Waals surface area contributed by atoms with Crippen molar-refractivity contribution in [2.45, 2.75) is 19.4 Å². The first-order valence-electron chi connectivity index (χ1n) is 12.4. The van der Waals surface area contributed by atoms with Crippen LogP contribution in [0.25, 0.3) is 22.3 Å². The lowest BCUT2D eigenvalue weighted by atomic mass is 10.1. The zero-order valence-corrected chi connectivity index (χ0v) is 20.9. The van der Waals surface area contributed by atoms with E-state index in [1.165, 1.54) is 5.56 Å². The molecule has 36 heavy (non-hydrogen) atoms. The predicted octanol–water partition coefficient (Wildman–Crippen LogP) is 5.39. The Balaban J connectivity index is 1.17. The van der Waals surface area contributed by atoms with Gasteiger partial charge in [0.15, 0.2) is 11.5 Å². The number of rotatable bonds is 8. The van der Waals surface area contributed by atoms with Gasteiger partial charge in [-0.05, 0) is 53.9 Å². The Bertz CT molecular complexity index is 1320. The van der Waals surface area contributed by atoms with E-state index < -0.39 is 0 Å². The number of benzene rings is 3. The molecule has 0 atom stereocenters. The van der Waals surface area contributed by atoms with Crippen LogP contribution in [-0.4, -0.2) is 56.1 Å². The van der Waals surface area contributed by atoms with Crippen LogP contribution in [0, 0.1) is 0 Å². The minimum absolute atomic E-state index is 0.229. The number of aryl methyl sites for hydroxylation is 1. The smallest absolute Gasteiger partial charge is 0.222 e. The quantitative estimate of drug-likeness (QED) is 0.335. The van der Waals surface area contributed by atoms with Gasteiger partial charge < -0.3 is 18.8 Å². The largest absolute Gasteiger partial charge is 0.493 e. The number of hydrogen-bond donors (Lipinski definition) is 0. The van der Waals surface area contributed by atoms with Gasteiger partial charge in [-0.25, -0.2) is 0 Å². The van der Waals surface area contributed by atoms with Crippen molar-refractivity contribution in [3.05, 3.63) is 83.9 Å². The summed E-state index contributed by atoms with van der Waals surface area (Å²) in [4.78, 5) is 17.3. The average molecular weight is 485 g/mol. The molecule has 3 aromatic carbocycles. The van der Waals surface area contributed by atoms with Crippen LogP contribution < -0.4 is 9.47 Å². The summed E-state index contributed by atoms with van der Waals surface area (Å²) in [5.74, 6) is 2.35. The van der Waals surface area contributed by atoms with Crippen molar-refractivity contribution in [2.75, 3.05) is 40.4 Å². The normalized spacial score (nSPS) is 14.2. The molecule has 0 N–H and O–H groups in total. The first kappa shape index (κ1) is 23.9. The molecule has 6 heteroatoms. The van der Waals surface area contributed by atoms with E-state index >= 15 is 0 Å². The highest BCUT2D eigenvalue weighted by Gasteiger charge is 2.21. The minimum atomic E-state index is 0.229. The van der Waals surface area contributed by atoms with E-state index in [0.29, 0.717) is 17.9 Å². The van der Waals surface area contributed by atoms with Crippen LogP contribution >= 0.6 is 0 Å². The number of carbonyl (C=O) groups is 1. The fraction of sp³-hybridized carbons (Fsp3) is 0.300. The molecule has 186 valence electrons. The summed E-state index contributed by atoms with van der Waals surface area (Å²) in [6, 6.07) is 24.4. The molecule has 5 rings (SSSR count). The van der Waals surface area contributed by atoms with Gasteiger partial charge in [0.25, 0.3) is 0 Å². The zero-order valence-electron chi connectivity index (χ0n) is 20.9. The summed E-state index contributed by atoms with van der Waals surface area (Å²) >= 11 is 0. The second-order valence-electron chi connectivity index (χ2n) is 9.20. The van der Waals surface area contributed by atoms with E-state index in [1.807, 2.05) is 41.3 Å². The van der Waals surface area contributed by atoms with Gasteiger partial charge in [-0.2, -0.15) is 0 Å². The molecule has 0 aliphatic carbocycles. The van der Waals surface area contributed by atoms with Gasteiger partial charge in [-0.3, -0.25) is 9.69 Å². The third-order valence-corrected chi connectivity index (χ3v) is 6.85. The number of fused-ring (bicyclic) bond motifs is 1. The molecule has 0 unspecified atom stereocenters. The summed E-state index contributed by atoms with van der Waals surface area (Å²) in [5, 5.41) is 1.03. The van der Waals surface area contributed by atoms with Crippen LogP contribution in [-0.2, 0) is 17.8 Å². The van der Waals surface area contributed by atoms with Crippen LogP contribution in [0.5, 0.6) is 11.5 Å². The van der Waals surface area contributed by atoms with Crippen LogP contribution in [0.4, 0.5) is 0 Å². The Kier molecular flexibility index (Phi) is 7.23. The van der Waals surface area contributed by atoms with Crippen LogP contribution in [0.2, 0.25) is 0 Å². The molecule has 2 heterocycles. The second kappa shape index (κ2) is 10.9. The number of nitrogens with zero attached hydrogens (tertiary/aromatic N) is 2. The van der Waals surface area contributed by atoms with E-state index in [1.54, 1.807) is 14.2 Å². The molecular weight excluding hydrogens is 452 g/mol. The van der Waals surface area contributed by atoms with Crippen LogP contribution in [0.15, 0.2) is 77.2 Å². The highest BCUT2D eigenvalue weighted by atomic mass is 16.5. The second-order valence-corrected chi connectivity index (χ2v) is 9.20. The van der Waals surface area contributed by atoms with Crippen molar-refractivity contribution in [2.24, 2.45) is 0 Å². The number of carbonyl (C=O) groups excluding carboxylic acids is 1. The Morgan fingerprint density at radius 1 is 0.833 bits per heavy atom. The third-order valence-electron chi connectivity index (χ3n) is 6.85. The Labute approximate surface area is 212 Å². The number of hydrogen-bond acceptors (Lipinski definition) is 5. The van der Waals surface area contributed by atoms with E-state index in [2.05, 4.69) is 41.3 Å². The molecule has 0 bridgehead atoms. The molecule has 0 spiro atoms. The Morgan fingerprint density at radius 3 is 2.36 bits per heavy atom. The maximum atomic E-state index is 12.9. The average Bonchev–Trinajstić information content (AvgIpc) is 3.36. The van der Waals surface area contributed by atoms with Crippen molar-refractivity contribution in [1.82, 2.24) is 9.80 Å². The van der Waals surface area contributed by atoms with Gasteiger partial charge in [0, 0.05) is 50.1 Å². The van der Waals surface area contributed by atoms with E-state index in [9.17, 15) is 4.79 Å². The van der Waals surface area contributed by atoms with Crippen LogP contribution in [0.3, 0.4) is 0 Å². The molecular formula is C30H32N2O4. The molecule has 4 aromatic rings. The lowest BCUT2D eigenvalue weighted by Gasteiger charge is -2.34. The highest BCUT2D eigenvalue weighted by Crippen LogP contribution is 2.35. The lowest BCUT2D eigenvalue weighted by molar-refractivity contribution is -0.133. The molecule has 1 fully saturated rings. The summed E-state index contributed by atoms with van der Waals surface area (Å²) in [5.41, 5.74) is 4.20. The van der Waals surface area contributed by atoms with Crippen molar-refractivity contribution in [1.29, 1.82) is 0 Å². The van der Waals surface area contributed by atoms with Gasteiger partial charge in [0.05, 0.1) is 14.2 Å². The Morgan fingerprint density at radius 2 is 1.61 bits per heavy atom. The standard InChI is InChI=1S/C30H32N2O4/c1-34-27-12-10-24(19-29(27)35-2)28-20-25-18-22(8-11-26(25)36-28)9-13-30(33)32-16-14-31(15-17-32)21-23-6-4-3-5-7-23/h3-8,10-12,18-20H,9,13-17,21H2,1-2H3. The molecule has 1 aliphatic heterocycles. The van der Waals surface area contributed by atoms with Crippen LogP contribution in [0.1, 0.15) is 17.5 Å². The highest BCUT2D eigenvalue weighted by molar-refractivity contribution is 5.84. The van der Waals surface area contributed by atoms with Gasteiger partial charge in [-0.15, -0.1) is 0 Å². The van der Waals surface area contributed by atoms with E-state index in [-0.39, 0.29) is 5.91 Å². The third kappa shape index (κ3) is 5.39. The molecule has 0 radical (unpaired) electrons. The number of furan rings is 1. The van der Waals surface area contributed by atoms with Gasteiger partial charge in [-0.1, -0.05) is 36.4 Å². The molecule has 6 nitrogen and oxygen atoms in total. The van der Waals surface area contributed by atoms with Gasteiger partial charge >= 0.3 is 0 Å². The predicted molar refractivity (Wildman–Crippen MR) is 141 cm³/mol. The molecule has 0 saturated carbocycles. The molecule has 1 saturated heterocycles. The monoisotopic (exact) mass is 484 g/mol. The van der Waals surface area contributed by atoms with Crippen molar-refractivity contribution in [3.8, 4) is 22.8 Å². The van der Waals surface area contributed by atoms with E-state index in [0.717, 1.165) is 67.0 Å². The van der Waals surface area contributed by atoms with Gasteiger partial charge in [0.1, 0.15) is 11.3 Å². The lowest BCUT2D eigenvalue weighted by Crippen LogP contribution is -2.48. The maximum absolute atomic E-state index is 12.9. The maximum Gasteiger partial charge on any atom is 0.222 e. The minimum Gasteiger partial charge on any atom is -0.493 e. The van der Waals surface area contributed by atoms with Crippen molar-refractivity contribution >= 4 is 16.9 Å².